The zero-order valence-corrected chi connectivity index (χ0v) is 10.8. The van der Waals surface area contributed by atoms with Crippen molar-refractivity contribution in [2.45, 2.75) is 40.0 Å². The van der Waals surface area contributed by atoms with E-state index in [1.165, 1.54) is 0 Å². The summed E-state index contributed by atoms with van der Waals surface area (Å²) in [7, 11) is 0. The maximum absolute atomic E-state index is 11.3. The number of nitrogens with one attached hydrogen (secondary N) is 2. The van der Waals surface area contributed by atoms with Crippen molar-refractivity contribution in [2.75, 3.05) is 26.2 Å². The first-order valence-corrected chi connectivity index (χ1v) is 6.10. The Hall–Kier alpha value is -0.610. The summed E-state index contributed by atoms with van der Waals surface area (Å²) in [5.74, 6) is 0.0554. The van der Waals surface area contributed by atoms with Crippen LogP contribution in [0.3, 0.4) is 0 Å². The minimum absolute atomic E-state index is 0.0554. The van der Waals surface area contributed by atoms with E-state index in [0.29, 0.717) is 6.54 Å². The maximum Gasteiger partial charge on any atom is 0.233 e. The molecule has 96 valence electrons. The lowest BCUT2D eigenvalue weighted by Crippen LogP contribution is -2.38. The SMILES string of the molecule is CCCNC(=O)CNCC(C)(C)CCCO. The van der Waals surface area contributed by atoms with Crippen LogP contribution in [0.4, 0.5) is 0 Å². The zero-order chi connectivity index (χ0) is 12.4. The molecule has 0 atom stereocenters. The van der Waals surface area contributed by atoms with Crippen molar-refractivity contribution in [2.24, 2.45) is 5.41 Å². The third kappa shape index (κ3) is 8.68. The van der Waals surface area contributed by atoms with Gasteiger partial charge in [0.15, 0.2) is 0 Å². The molecule has 0 aromatic carbocycles. The predicted octanol–water partition coefficient (Wildman–Crippen LogP) is 0.901. The normalized spacial score (nSPS) is 11.5. The molecule has 1 amide bonds. The van der Waals surface area contributed by atoms with E-state index < -0.39 is 0 Å². The van der Waals surface area contributed by atoms with Gasteiger partial charge in [0.2, 0.25) is 5.91 Å². The minimum Gasteiger partial charge on any atom is -0.396 e. The van der Waals surface area contributed by atoms with Crippen LogP contribution in [0.1, 0.15) is 40.0 Å². The van der Waals surface area contributed by atoms with Crippen molar-refractivity contribution in [1.82, 2.24) is 10.6 Å². The lowest BCUT2D eigenvalue weighted by molar-refractivity contribution is -0.120. The van der Waals surface area contributed by atoms with Gasteiger partial charge in [-0.25, -0.2) is 0 Å². The molecule has 0 unspecified atom stereocenters. The summed E-state index contributed by atoms with van der Waals surface area (Å²) in [5, 5.41) is 14.7. The van der Waals surface area contributed by atoms with Crippen LogP contribution in [0, 0.1) is 5.41 Å². The molecule has 0 aliphatic rings. The summed E-state index contributed by atoms with van der Waals surface area (Å²) in [6, 6.07) is 0. The molecule has 0 spiro atoms. The molecule has 0 bridgehead atoms. The van der Waals surface area contributed by atoms with Crippen LogP contribution in [0.25, 0.3) is 0 Å². The lowest BCUT2D eigenvalue weighted by atomic mass is 9.88. The Morgan fingerprint density at radius 3 is 2.62 bits per heavy atom. The van der Waals surface area contributed by atoms with Gasteiger partial charge in [0.1, 0.15) is 0 Å². The van der Waals surface area contributed by atoms with Crippen LogP contribution < -0.4 is 10.6 Å². The Morgan fingerprint density at radius 1 is 1.38 bits per heavy atom. The first kappa shape index (κ1) is 15.4. The van der Waals surface area contributed by atoms with Gasteiger partial charge in [-0.15, -0.1) is 0 Å². The van der Waals surface area contributed by atoms with Gasteiger partial charge in [0.25, 0.3) is 0 Å². The fourth-order valence-corrected chi connectivity index (χ4v) is 1.49. The molecule has 0 saturated carbocycles. The Balaban J connectivity index is 3.59. The molecule has 0 aromatic rings. The van der Waals surface area contributed by atoms with E-state index >= 15 is 0 Å². The van der Waals surface area contributed by atoms with E-state index in [9.17, 15) is 4.79 Å². The quantitative estimate of drug-likeness (QED) is 0.551. The second-order valence-electron chi connectivity index (χ2n) is 4.94. The Morgan fingerprint density at radius 2 is 2.06 bits per heavy atom. The van der Waals surface area contributed by atoms with Crippen LogP contribution in [-0.2, 0) is 4.79 Å². The van der Waals surface area contributed by atoms with Crippen LogP contribution >= 0.6 is 0 Å². The second-order valence-corrected chi connectivity index (χ2v) is 4.94. The highest BCUT2D eigenvalue weighted by Gasteiger charge is 2.16. The second kappa shape index (κ2) is 8.53. The van der Waals surface area contributed by atoms with Gasteiger partial charge in [-0.3, -0.25) is 4.79 Å². The number of aliphatic hydroxyl groups excluding tert-OH is 1. The number of rotatable bonds is 9. The zero-order valence-electron chi connectivity index (χ0n) is 10.8. The van der Waals surface area contributed by atoms with E-state index in [0.717, 1.165) is 32.4 Å². The largest absolute Gasteiger partial charge is 0.396 e. The third-order valence-corrected chi connectivity index (χ3v) is 2.47. The predicted molar refractivity (Wildman–Crippen MR) is 66.3 cm³/mol. The molecule has 0 radical (unpaired) electrons. The lowest BCUT2D eigenvalue weighted by Gasteiger charge is -2.24. The third-order valence-electron chi connectivity index (χ3n) is 2.47. The molecule has 0 heterocycles. The molecule has 0 aromatic heterocycles. The molecule has 0 saturated heterocycles. The van der Waals surface area contributed by atoms with E-state index in [-0.39, 0.29) is 17.9 Å². The van der Waals surface area contributed by atoms with Gasteiger partial charge in [-0.2, -0.15) is 0 Å². The molecule has 16 heavy (non-hydrogen) atoms. The van der Waals surface area contributed by atoms with E-state index in [1.54, 1.807) is 0 Å². The molecule has 0 aliphatic heterocycles. The number of carbonyl (C=O) groups is 1. The number of amides is 1. The monoisotopic (exact) mass is 230 g/mol. The highest BCUT2D eigenvalue weighted by Crippen LogP contribution is 2.20. The molecule has 0 aliphatic carbocycles. The number of carbonyl (C=O) groups excluding carboxylic acids is 1. The summed E-state index contributed by atoms with van der Waals surface area (Å²) in [4.78, 5) is 11.3. The van der Waals surface area contributed by atoms with Crippen LogP contribution in [0.2, 0.25) is 0 Å². The van der Waals surface area contributed by atoms with Crippen LogP contribution in [0.15, 0.2) is 0 Å². The molecular formula is C12H26N2O2. The maximum atomic E-state index is 11.3. The van der Waals surface area contributed by atoms with Gasteiger partial charge in [0.05, 0.1) is 6.54 Å². The van der Waals surface area contributed by atoms with Crippen molar-refractivity contribution in [3.8, 4) is 0 Å². The van der Waals surface area contributed by atoms with Gasteiger partial charge < -0.3 is 15.7 Å². The molecule has 0 fully saturated rings. The Bertz CT molecular complexity index is 193. The van der Waals surface area contributed by atoms with Crippen molar-refractivity contribution >= 4 is 5.91 Å². The minimum atomic E-state index is 0.0554. The summed E-state index contributed by atoms with van der Waals surface area (Å²) in [5.41, 5.74) is 0.133. The highest BCUT2D eigenvalue weighted by molar-refractivity contribution is 5.77. The fourth-order valence-electron chi connectivity index (χ4n) is 1.49. The van der Waals surface area contributed by atoms with Crippen LogP contribution in [-0.4, -0.2) is 37.3 Å². The molecular weight excluding hydrogens is 204 g/mol. The summed E-state index contributed by atoms with van der Waals surface area (Å²) in [6.07, 6.45) is 2.75. The molecule has 0 rings (SSSR count). The summed E-state index contributed by atoms with van der Waals surface area (Å²) in [6.45, 7) is 8.47. The number of aliphatic hydroxyl groups is 1. The molecule has 4 nitrogen and oxygen atoms in total. The molecule has 4 heteroatoms. The van der Waals surface area contributed by atoms with Crippen molar-refractivity contribution < 1.29 is 9.90 Å². The highest BCUT2D eigenvalue weighted by atomic mass is 16.2. The van der Waals surface area contributed by atoms with E-state index in [1.807, 2.05) is 6.92 Å². The average Bonchev–Trinajstić information content (AvgIpc) is 2.23. The smallest absolute Gasteiger partial charge is 0.233 e. The first-order valence-electron chi connectivity index (χ1n) is 6.10. The van der Waals surface area contributed by atoms with Gasteiger partial charge in [-0.05, 0) is 24.7 Å². The fraction of sp³-hybridized carbons (Fsp3) is 0.917. The van der Waals surface area contributed by atoms with Crippen molar-refractivity contribution in [3.63, 3.8) is 0 Å². The van der Waals surface area contributed by atoms with Gasteiger partial charge >= 0.3 is 0 Å². The number of hydrogen-bond donors (Lipinski definition) is 3. The molecule has 3 N–H and O–H groups in total. The van der Waals surface area contributed by atoms with Gasteiger partial charge in [-0.1, -0.05) is 20.8 Å². The van der Waals surface area contributed by atoms with Crippen molar-refractivity contribution in [1.29, 1.82) is 0 Å². The van der Waals surface area contributed by atoms with Gasteiger partial charge in [0, 0.05) is 19.7 Å². The van der Waals surface area contributed by atoms with Crippen molar-refractivity contribution in [3.05, 3.63) is 0 Å². The Kier molecular flexibility index (Phi) is 8.21. The van der Waals surface area contributed by atoms with Crippen LogP contribution in [0.5, 0.6) is 0 Å². The summed E-state index contributed by atoms with van der Waals surface area (Å²) >= 11 is 0. The Labute approximate surface area is 98.8 Å². The van der Waals surface area contributed by atoms with E-state index in [2.05, 4.69) is 24.5 Å². The van der Waals surface area contributed by atoms with E-state index in [4.69, 9.17) is 5.11 Å². The topological polar surface area (TPSA) is 61.4 Å². The first-order chi connectivity index (χ1) is 7.52. The summed E-state index contributed by atoms with van der Waals surface area (Å²) < 4.78 is 0. The standard InChI is InChI=1S/C12H26N2O2/c1-4-7-14-11(16)9-13-10-12(2,3)6-5-8-15/h13,15H,4-10H2,1-3H3,(H,14,16). The number of hydrogen-bond acceptors (Lipinski definition) is 3. The average molecular weight is 230 g/mol.